The van der Waals surface area contributed by atoms with Crippen molar-refractivity contribution in [3.8, 4) is 0 Å². The second kappa shape index (κ2) is 4.30. The second-order valence-corrected chi connectivity index (χ2v) is 6.01. The van der Waals surface area contributed by atoms with Crippen LogP contribution in [0.15, 0.2) is 12.3 Å². The van der Waals surface area contributed by atoms with Crippen molar-refractivity contribution in [3.63, 3.8) is 0 Å². The average molecular weight is 260 g/mol. The summed E-state index contributed by atoms with van der Waals surface area (Å²) < 4.78 is 5.72. The van der Waals surface area contributed by atoms with Gasteiger partial charge in [-0.25, -0.2) is 9.78 Å². The zero-order chi connectivity index (χ0) is 13.6. The molecule has 1 aromatic rings. The number of ether oxygens (including phenoxy) is 1. The first-order valence-electron chi connectivity index (χ1n) is 6.94. The first kappa shape index (κ1) is 12.6. The van der Waals surface area contributed by atoms with Crippen LogP contribution in [-0.2, 0) is 10.3 Å². The van der Waals surface area contributed by atoms with E-state index in [9.17, 15) is 4.79 Å². The molecular weight excluding hydrogens is 240 g/mol. The molecule has 0 saturated carbocycles. The average Bonchev–Trinajstić information content (AvgIpc) is 2.66. The van der Waals surface area contributed by atoms with Gasteiger partial charge in [-0.05, 0) is 24.6 Å². The molecule has 3 rings (SSSR count). The number of piperidine rings is 1. The molecule has 0 bridgehead atoms. The van der Waals surface area contributed by atoms with Crippen molar-refractivity contribution in [3.05, 3.63) is 29.1 Å². The molecule has 0 amide bonds. The molecule has 1 fully saturated rings. The van der Waals surface area contributed by atoms with Crippen molar-refractivity contribution in [2.75, 3.05) is 20.1 Å². The van der Waals surface area contributed by atoms with Crippen molar-refractivity contribution < 1.29 is 9.53 Å². The van der Waals surface area contributed by atoms with Crippen molar-refractivity contribution >= 4 is 5.97 Å². The summed E-state index contributed by atoms with van der Waals surface area (Å²) in [5.74, 6) is 0.159. The minimum absolute atomic E-state index is 0.255. The summed E-state index contributed by atoms with van der Waals surface area (Å²) in [5, 5.41) is 0. The molecule has 4 nitrogen and oxygen atoms in total. The third-order valence-electron chi connectivity index (χ3n) is 4.34. The van der Waals surface area contributed by atoms with Gasteiger partial charge in [-0.2, -0.15) is 0 Å². The van der Waals surface area contributed by atoms with Crippen molar-refractivity contribution in [1.82, 2.24) is 9.88 Å². The van der Waals surface area contributed by atoms with E-state index < -0.39 is 5.60 Å². The third-order valence-corrected chi connectivity index (χ3v) is 4.34. The van der Waals surface area contributed by atoms with Crippen LogP contribution in [0.3, 0.4) is 0 Å². The lowest BCUT2D eigenvalue weighted by Crippen LogP contribution is -2.41. The molecule has 19 heavy (non-hydrogen) atoms. The Hall–Kier alpha value is -1.42. The fourth-order valence-electron chi connectivity index (χ4n) is 2.94. The lowest BCUT2D eigenvalue weighted by molar-refractivity contribution is -0.0395. The number of esters is 1. The molecule has 3 heterocycles. The maximum absolute atomic E-state index is 12.0. The Balaban J connectivity index is 2.04. The van der Waals surface area contributed by atoms with Gasteiger partial charge in [0.25, 0.3) is 0 Å². The monoisotopic (exact) mass is 260 g/mol. The molecule has 1 aromatic heterocycles. The molecule has 1 spiro atoms. The van der Waals surface area contributed by atoms with E-state index in [4.69, 9.17) is 4.74 Å². The van der Waals surface area contributed by atoms with Crippen LogP contribution in [0.1, 0.15) is 54.2 Å². The predicted molar refractivity (Wildman–Crippen MR) is 72.2 cm³/mol. The van der Waals surface area contributed by atoms with E-state index in [-0.39, 0.29) is 5.97 Å². The van der Waals surface area contributed by atoms with Gasteiger partial charge in [0.15, 0.2) is 5.69 Å². The second-order valence-electron chi connectivity index (χ2n) is 6.01. The number of aromatic nitrogens is 1. The minimum atomic E-state index is -0.420. The summed E-state index contributed by atoms with van der Waals surface area (Å²) in [6, 6.07) is 2.13. The van der Waals surface area contributed by atoms with Gasteiger partial charge in [-0.15, -0.1) is 0 Å². The highest BCUT2D eigenvalue weighted by Gasteiger charge is 2.47. The maximum atomic E-state index is 12.0. The topological polar surface area (TPSA) is 42.4 Å². The van der Waals surface area contributed by atoms with Crippen LogP contribution in [0.5, 0.6) is 0 Å². The van der Waals surface area contributed by atoms with Crippen LogP contribution in [0.2, 0.25) is 0 Å². The summed E-state index contributed by atoms with van der Waals surface area (Å²) in [6.45, 7) is 6.20. The lowest BCUT2D eigenvalue weighted by atomic mass is 9.84. The highest BCUT2D eigenvalue weighted by Crippen LogP contribution is 2.43. The van der Waals surface area contributed by atoms with E-state index >= 15 is 0 Å². The molecule has 1 saturated heterocycles. The number of hydrogen-bond donors (Lipinski definition) is 0. The van der Waals surface area contributed by atoms with Crippen molar-refractivity contribution in [2.24, 2.45) is 0 Å². The SMILES string of the molecule is CC(C)c1cnc2c(c1)C1(CCN(C)CC1)OC2=O. The molecule has 0 atom stereocenters. The molecule has 0 unspecified atom stereocenters. The maximum Gasteiger partial charge on any atom is 0.358 e. The number of rotatable bonds is 1. The van der Waals surface area contributed by atoms with E-state index in [0.717, 1.165) is 31.5 Å². The quantitative estimate of drug-likeness (QED) is 0.727. The molecule has 102 valence electrons. The normalized spacial score (nSPS) is 21.8. The van der Waals surface area contributed by atoms with E-state index in [1.54, 1.807) is 6.20 Å². The van der Waals surface area contributed by atoms with Gasteiger partial charge >= 0.3 is 5.97 Å². The van der Waals surface area contributed by atoms with Crippen LogP contribution in [0.4, 0.5) is 0 Å². The van der Waals surface area contributed by atoms with Gasteiger partial charge < -0.3 is 9.64 Å². The molecule has 2 aliphatic heterocycles. The first-order valence-corrected chi connectivity index (χ1v) is 6.94. The smallest absolute Gasteiger partial charge is 0.358 e. The first-order chi connectivity index (χ1) is 9.02. The summed E-state index contributed by atoms with van der Waals surface area (Å²) >= 11 is 0. The molecular formula is C15H20N2O2. The van der Waals surface area contributed by atoms with E-state index in [2.05, 4.69) is 36.8 Å². The number of carbonyl (C=O) groups excluding carboxylic acids is 1. The Morgan fingerprint density at radius 2 is 2.05 bits per heavy atom. The molecule has 4 heteroatoms. The van der Waals surface area contributed by atoms with Crippen LogP contribution < -0.4 is 0 Å². The van der Waals surface area contributed by atoms with Crippen LogP contribution in [0, 0.1) is 0 Å². The Bertz CT molecular complexity index is 517. The van der Waals surface area contributed by atoms with Gasteiger partial charge in [0.05, 0.1) is 0 Å². The predicted octanol–water partition coefficient (Wildman–Crippen LogP) is 2.30. The van der Waals surface area contributed by atoms with Crippen molar-refractivity contribution in [1.29, 1.82) is 0 Å². The molecule has 0 radical (unpaired) electrons. The number of fused-ring (bicyclic) bond motifs is 2. The standard InChI is InChI=1S/C15H20N2O2/c1-10(2)11-8-12-13(16-9-11)14(18)19-15(12)4-6-17(3)7-5-15/h8-10H,4-7H2,1-3H3. The Labute approximate surface area is 113 Å². The van der Waals surface area contributed by atoms with E-state index in [1.807, 2.05) is 0 Å². The molecule has 2 aliphatic rings. The zero-order valence-corrected chi connectivity index (χ0v) is 11.8. The minimum Gasteiger partial charge on any atom is -0.449 e. The van der Waals surface area contributed by atoms with Crippen LogP contribution in [-0.4, -0.2) is 36.0 Å². The fraction of sp³-hybridized carbons (Fsp3) is 0.600. The lowest BCUT2D eigenvalue weighted by Gasteiger charge is -2.36. The summed E-state index contributed by atoms with van der Waals surface area (Å²) in [4.78, 5) is 18.6. The Morgan fingerprint density at radius 3 is 2.68 bits per heavy atom. The van der Waals surface area contributed by atoms with Gasteiger partial charge in [-0.1, -0.05) is 13.8 Å². The van der Waals surface area contributed by atoms with Gasteiger partial charge in [0.1, 0.15) is 5.60 Å². The number of hydrogen-bond acceptors (Lipinski definition) is 4. The van der Waals surface area contributed by atoms with Crippen LogP contribution >= 0.6 is 0 Å². The number of likely N-dealkylation sites (tertiary alicyclic amines) is 1. The Kier molecular flexibility index (Phi) is 2.86. The largest absolute Gasteiger partial charge is 0.449 e. The van der Waals surface area contributed by atoms with Crippen molar-refractivity contribution in [2.45, 2.75) is 38.2 Å². The third kappa shape index (κ3) is 1.94. The summed E-state index contributed by atoms with van der Waals surface area (Å²) in [7, 11) is 2.10. The number of nitrogens with zero attached hydrogens (tertiary/aromatic N) is 2. The number of carbonyl (C=O) groups is 1. The van der Waals surface area contributed by atoms with Gasteiger partial charge in [0.2, 0.25) is 0 Å². The summed E-state index contributed by atoms with van der Waals surface area (Å²) in [5.41, 5.74) is 2.29. The summed E-state index contributed by atoms with van der Waals surface area (Å²) in [6.07, 6.45) is 3.54. The van der Waals surface area contributed by atoms with Gasteiger partial charge in [0, 0.05) is 37.7 Å². The van der Waals surface area contributed by atoms with E-state index in [1.165, 1.54) is 5.56 Å². The highest BCUT2D eigenvalue weighted by molar-refractivity contribution is 5.92. The molecule has 0 aromatic carbocycles. The number of pyridine rings is 1. The zero-order valence-electron chi connectivity index (χ0n) is 11.8. The van der Waals surface area contributed by atoms with Gasteiger partial charge in [-0.3, -0.25) is 0 Å². The highest BCUT2D eigenvalue weighted by atomic mass is 16.6. The van der Waals surface area contributed by atoms with E-state index in [0.29, 0.717) is 11.6 Å². The molecule has 0 N–H and O–H groups in total. The van der Waals surface area contributed by atoms with Crippen LogP contribution in [0.25, 0.3) is 0 Å². The fourth-order valence-corrected chi connectivity index (χ4v) is 2.94. The Morgan fingerprint density at radius 1 is 1.37 bits per heavy atom. The molecule has 0 aliphatic carbocycles.